The van der Waals surface area contributed by atoms with Crippen LogP contribution in [0, 0.1) is 0 Å². The highest BCUT2D eigenvalue weighted by Crippen LogP contribution is 2.33. The minimum Gasteiger partial charge on any atom is -0.490 e. The van der Waals surface area contributed by atoms with Gasteiger partial charge in [0.05, 0.1) is 12.8 Å². The molecule has 0 bridgehead atoms. The van der Waals surface area contributed by atoms with Crippen LogP contribution in [-0.4, -0.2) is 48.9 Å². The molecule has 2 atom stereocenters. The van der Waals surface area contributed by atoms with Crippen LogP contribution in [-0.2, 0) is 24.5 Å². The van der Waals surface area contributed by atoms with Gasteiger partial charge in [-0.25, -0.2) is 0 Å². The number of carbonyl (C=O) groups excluding carboxylic acids is 2. The summed E-state index contributed by atoms with van der Waals surface area (Å²) in [4.78, 5) is 23.1. The molecule has 0 heterocycles. The van der Waals surface area contributed by atoms with Gasteiger partial charge in [0.25, 0.3) is 0 Å². The van der Waals surface area contributed by atoms with Crippen LogP contribution in [0.15, 0.2) is 48.5 Å². The largest absolute Gasteiger partial charge is 0.490 e. The molecule has 0 aliphatic rings. The molecule has 0 saturated heterocycles. The molecule has 2 aromatic carbocycles. The van der Waals surface area contributed by atoms with E-state index in [9.17, 15) is 9.59 Å². The summed E-state index contributed by atoms with van der Waals surface area (Å²) in [5.41, 5.74) is 2.05. The monoisotopic (exact) mass is 536 g/mol. The van der Waals surface area contributed by atoms with Gasteiger partial charge in [0, 0.05) is 15.9 Å². The van der Waals surface area contributed by atoms with Crippen molar-refractivity contribution < 1.29 is 28.5 Å². The summed E-state index contributed by atoms with van der Waals surface area (Å²) >= 11 is 8.36. The Morgan fingerprint density at radius 3 is 1.33 bits per heavy atom. The summed E-state index contributed by atoms with van der Waals surface area (Å²) in [5, 5.41) is -0.0431. The summed E-state index contributed by atoms with van der Waals surface area (Å²) in [6.45, 7) is 9.01. The van der Waals surface area contributed by atoms with E-state index in [1.165, 1.54) is 0 Å². The summed E-state index contributed by atoms with van der Waals surface area (Å²) in [5.74, 6) is 0.895. The maximum Gasteiger partial charge on any atom is 0.307 e. The van der Waals surface area contributed by atoms with Crippen molar-refractivity contribution in [2.75, 3.05) is 26.4 Å². The molecule has 2 aromatic rings. The maximum atomic E-state index is 11.5. The second kappa shape index (κ2) is 15.7. The summed E-state index contributed by atoms with van der Waals surface area (Å²) in [6.07, 6.45) is 0.567. The van der Waals surface area contributed by atoms with E-state index in [2.05, 4.69) is 39.1 Å². The Labute approximate surface area is 226 Å². The van der Waals surface area contributed by atoms with Crippen molar-refractivity contribution in [3.8, 4) is 11.5 Å². The molecule has 0 saturated carbocycles. The molecule has 0 N–H and O–H groups in total. The lowest BCUT2D eigenvalue weighted by Crippen LogP contribution is -2.19. The van der Waals surface area contributed by atoms with E-state index < -0.39 is 0 Å². The predicted octanol–water partition coefficient (Wildman–Crippen LogP) is 5.91. The maximum absolute atomic E-state index is 11.5. The van der Waals surface area contributed by atoms with Gasteiger partial charge in [-0.3, -0.25) is 9.59 Å². The second-order valence-corrected chi connectivity index (χ2v) is 10.7. The fourth-order valence-corrected chi connectivity index (χ4v) is 3.63. The normalized spacial score (nSPS) is 12.6. The quantitative estimate of drug-likeness (QED) is 0.178. The molecule has 0 aromatic heterocycles. The van der Waals surface area contributed by atoms with Crippen LogP contribution in [0.3, 0.4) is 0 Å². The van der Waals surface area contributed by atoms with Gasteiger partial charge in [-0.05, 0) is 35.4 Å². The average molecular weight is 537 g/mol. The molecular formula is C28H40O6S2. The minimum absolute atomic E-state index is 0. The smallest absolute Gasteiger partial charge is 0.307 e. The van der Waals surface area contributed by atoms with E-state index >= 15 is 0 Å². The molecule has 36 heavy (non-hydrogen) atoms. The standard InChI is InChI=1S/C27H36O6S2.CH4/c1-19(34)17-25(28)32-15-13-30-23-9-5-21(6-10-23)27(3,4)22-7-11-24(12-8-22)31-14-16-33-26(29)18-20(2)35;/h5-12,19-20,34-35H,13-18H2,1-4H3;1H4. The molecule has 0 aliphatic heterocycles. The number of thiol groups is 2. The van der Waals surface area contributed by atoms with Gasteiger partial charge in [0.1, 0.15) is 37.9 Å². The highest BCUT2D eigenvalue weighted by atomic mass is 32.1. The van der Waals surface area contributed by atoms with Crippen molar-refractivity contribution >= 4 is 37.2 Å². The van der Waals surface area contributed by atoms with E-state index in [1.807, 2.05) is 62.4 Å². The first kappa shape index (κ1) is 31.7. The molecule has 8 heteroatoms. The van der Waals surface area contributed by atoms with Crippen molar-refractivity contribution in [1.29, 1.82) is 0 Å². The zero-order valence-corrected chi connectivity index (χ0v) is 22.6. The molecule has 6 nitrogen and oxygen atoms in total. The molecule has 0 radical (unpaired) electrons. The fraction of sp³-hybridized carbons (Fsp3) is 0.500. The van der Waals surface area contributed by atoms with Crippen LogP contribution >= 0.6 is 25.3 Å². The average Bonchev–Trinajstić information content (AvgIpc) is 2.79. The third-order valence-electron chi connectivity index (χ3n) is 5.31. The van der Waals surface area contributed by atoms with Crippen LogP contribution < -0.4 is 9.47 Å². The Bertz CT molecular complexity index is 849. The molecular weight excluding hydrogens is 496 g/mol. The summed E-state index contributed by atoms with van der Waals surface area (Å²) in [6, 6.07) is 15.8. The Hall–Kier alpha value is -2.32. The number of carbonyl (C=O) groups is 2. The topological polar surface area (TPSA) is 71.1 Å². The Morgan fingerprint density at radius 1 is 0.694 bits per heavy atom. The van der Waals surface area contributed by atoms with Crippen molar-refractivity contribution in [2.45, 2.75) is 63.9 Å². The van der Waals surface area contributed by atoms with E-state index in [4.69, 9.17) is 18.9 Å². The summed E-state index contributed by atoms with van der Waals surface area (Å²) in [7, 11) is 0. The Kier molecular flexibility index (Phi) is 13.8. The van der Waals surface area contributed by atoms with Gasteiger partial charge in [-0.15, -0.1) is 0 Å². The van der Waals surface area contributed by atoms with E-state index in [1.54, 1.807) is 0 Å². The van der Waals surface area contributed by atoms with Crippen molar-refractivity contribution in [3.05, 3.63) is 59.7 Å². The zero-order chi connectivity index (χ0) is 25.8. The van der Waals surface area contributed by atoms with Gasteiger partial charge in [0.2, 0.25) is 0 Å². The molecule has 0 amide bonds. The van der Waals surface area contributed by atoms with Crippen LogP contribution in [0.2, 0.25) is 0 Å². The zero-order valence-electron chi connectivity index (χ0n) is 20.9. The van der Waals surface area contributed by atoms with Gasteiger partial charge in [-0.2, -0.15) is 25.3 Å². The highest BCUT2D eigenvalue weighted by molar-refractivity contribution is 7.81. The van der Waals surface area contributed by atoms with E-state index in [0.29, 0.717) is 13.2 Å². The number of esters is 2. The third-order valence-corrected chi connectivity index (χ3v) is 5.67. The highest BCUT2D eigenvalue weighted by Gasteiger charge is 2.23. The molecule has 200 valence electrons. The molecule has 2 unspecified atom stereocenters. The molecule has 0 spiro atoms. The minimum atomic E-state index is -0.271. The van der Waals surface area contributed by atoms with Gasteiger partial charge >= 0.3 is 11.9 Å². The molecule has 2 rings (SSSR count). The number of hydrogen-bond donors (Lipinski definition) is 2. The number of benzene rings is 2. The second-order valence-electron chi connectivity index (χ2n) is 8.92. The lowest BCUT2D eigenvalue weighted by atomic mass is 9.78. The number of hydrogen-bond acceptors (Lipinski definition) is 8. The first-order valence-electron chi connectivity index (χ1n) is 11.7. The first-order valence-corrected chi connectivity index (χ1v) is 12.7. The predicted molar refractivity (Wildman–Crippen MR) is 151 cm³/mol. The SMILES string of the molecule is C.CC(S)CC(=O)OCCOc1ccc(C(C)(C)c2ccc(OCCOC(=O)CC(C)S)cc2)cc1. The lowest BCUT2D eigenvalue weighted by Gasteiger charge is -2.26. The summed E-state index contributed by atoms with van der Waals surface area (Å²) < 4.78 is 21.6. The third kappa shape index (κ3) is 11.2. The Morgan fingerprint density at radius 2 is 1.03 bits per heavy atom. The van der Waals surface area contributed by atoms with Crippen LogP contribution in [0.1, 0.15) is 59.1 Å². The number of ether oxygens (including phenoxy) is 4. The van der Waals surface area contributed by atoms with Gasteiger partial charge in [-0.1, -0.05) is 59.4 Å². The van der Waals surface area contributed by atoms with Crippen molar-refractivity contribution in [3.63, 3.8) is 0 Å². The Balaban J connectivity index is 0.00000648. The van der Waals surface area contributed by atoms with Crippen LogP contribution in [0.4, 0.5) is 0 Å². The van der Waals surface area contributed by atoms with Gasteiger partial charge < -0.3 is 18.9 Å². The first-order chi connectivity index (χ1) is 16.6. The van der Waals surface area contributed by atoms with Crippen molar-refractivity contribution in [2.24, 2.45) is 0 Å². The fourth-order valence-electron chi connectivity index (χ4n) is 3.33. The molecule has 0 aliphatic carbocycles. The van der Waals surface area contributed by atoms with Crippen molar-refractivity contribution in [1.82, 2.24) is 0 Å². The van der Waals surface area contributed by atoms with E-state index in [0.717, 1.165) is 22.6 Å². The number of rotatable bonds is 14. The van der Waals surface area contributed by atoms with Crippen LogP contribution in [0.25, 0.3) is 0 Å². The van der Waals surface area contributed by atoms with Crippen LogP contribution in [0.5, 0.6) is 11.5 Å². The lowest BCUT2D eigenvalue weighted by molar-refractivity contribution is -0.145. The van der Waals surface area contributed by atoms with E-state index in [-0.39, 0.29) is 61.3 Å². The molecule has 0 fully saturated rings. The van der Waals surface area contributed by atoms with Gasteiger partial charge in [0.15, 0.2) is 0 Å².